The molecule has 0 aliphatic heterocycles. The number of aromatic carboxylic acids is 1. The van der Waals surface area contributed by atoms with E-state index in [9.17, 15) is 4.79 Å². The Hall–Kier alpha value is 0.822. The summed E-state index contributed by atoms with van der Waals surface area (Å²) in [6.45, 7) is 5.92. The van der Waals surface area contributed by atoms with E-state index in [0.29, 0.717) is 11.4 Å². The Balaban J connectivity index is -0.000000321. The van der Waals surface area contributed by atoms with Gasteiger partial charge in [0.25, 0.3) is 0 Å². The second-order valence-electron chi connectivity index (χ2n) is 3.70. The van der Waals surface area contributed by atoms with Gasteiger partial charge in [0.1, 0.15) is 0 Å². The largest absolute Gasteiger partial charge is 0.521 e. The predicted molar refractivity (Wildman–Crippen MR) is 84.2 cm³/mol. The molecule has 0 saturated heterocycles. The molecule has 2 rings (SSSR count). The van der Waals surface area contributed by atoms with Gasteiger partial charge in [0.15, 0.2) is 0 Å². The van der Waals surface area contributed by atoms with Gasteiger partial charge in [-0.2, -0.15) is 27.9 Å². The summed E-state index contributed by atoms with van der Waals surface area (Å²) < 4.78 is 0. The van der Waals surface area contributed by atoms with Crippen molar-refractivity contribution >= 4 is 17.3 Å². The van der Waals surface area contributed by atoms with Gasteiger partial charge in [-0.05, 0) is 5.69 Å². The molecule has 1 N–H and O–H groups in total. The molecule has 0 atom stereocenters. The van der Waals surface area contributed by atoms with Crippen LogP contribution in [0.15, 0.2) is 46.6 Å². The quantitative estimate of drug-likeness (QED) is 0.424. The number of carboxylic acid groups (broad SMARTS) is 1. The molecule has 121 valence electrons. The van der Waals surface area contributed by atoms with Crippen LogP contribution in [0.25, 0.3) is 0 Å². The van der Waals surface area contributed by atoms with E-state index in [0.717, 1.165) is 5.56 Å². The van der Waals surface area contributed by atoms with Gasteiger partial charge in [0.2, 0.25) is 5.97 Å². The number of benzene rings is 2. The molecule has 24 heavy (non-hydrogen) atoms. The topological polar surface area (TPSA) is 62.0 Å². The van der Waals surface area contributed by atoms with Crippen molar-refractivity contribution < 1.29 is 108 Å². The number of rotatable bonds is 3. The average Bonchev–Trinajstić information content (AvgIpc) is 2.48. The summed E-state index contributed by atoms with van der Waals surface area (Å²) in [5.74, 6) is -1.03. The van der Waals surface area contributed by atoms with Crippen molar-refractivity contribution in [2.75, 3.05) is 0 Å². The second kappa shape index (κ2) is 18.6. The van der Waals surface area contributed by atoms with E-state index in [1.807, 2.05) is 26.8 Å². The van der Waals surface area contributed by atoms with Crippen molar-refractivity contribution in [3.63, 3.8) is 0 Å². The second-order valence-corrected chi connectivity index (χ2v) is 3.70. The van der Waals surface area contributed by atoms with Gasteiger partial charge in [-0.15, -0.1) is 36.4 Å². The third-order valence-corrected chi connectivity index (χ3v) is 2.23. The van der Waals surface area contributed by atoms with Crippen molar-refractivity contribution in [3.8, 4) is 0 Å². The SMILES string of the molecule is CC.Cc1[c-]ccc(N=Nc2cc[c-]c(C(=O)O)c2)c1.[CH3-].[Y].[Y].[Y]. The molecule has 0 aliphatic carbocycles. The summed E-state index contributed by atoms with van der Waals surface area (Å²) in [4.78, 5) is 10.8. The third kappa shape index (κ3) is 12.2. The maximum atomic E-state index is 10.8. The van der Waals surface area contributed by atoms with Gasteiger partial charge in [-0.25, -0.2) is 0 Å². The van der Waals surface area contributed by atoms with E-state index in [-0.39, 0.29) is 111 Å². The number of aryl methyl sites for hydroxylation is 1. The Morgan fingerprint density at radius 2 is 1.42 bits per heavy atom. The van der Waals surface area contributed by atoms with E-state index in [4.69, 9.17) is 5.11 Å². The molecule has 0 unspecified atom stereocenters. The minimum atomic E-state index is -1.03. The minimum Gasteiger partial charge on any atom is -0.521 e. The molecule has 0 heterocycles. The molecule has 0 spiro atoms. The molecule has 0 bridgehead atoms. The van der Waals surface area contributed by atoms with Gasteiger partial charge < -0.3 is 17.3 Å². The van der Waals surface area contributed by atoms with Crippen LogP contribution >= 0.6 is 0 Å². The molecule has 0 aliphatic rings. The number of hydrogen-bond acceptors (Lipinski definition) is 3. The first-order valence-corrected chi connectivity index (χ1v) is 6.30. The monoisotopic (exact) mass is 550 g/mol. The van der Waals surface area contributed by atoms with Crippen LogP contribution in [0.1, 0.15) is 29.8 Å². The molecule has 7 heteroatoms. The van der Waals surface area contributed by atoms with Crippen LogP contribution in [0.4, 0.5) is 11.4 Å². The van der Waals surface area contributed by atoms with Crippen LogP contribution in [0.2, 0.25) is 0 Å². The van der Waals surface area contributed by atoms with Crippen molar-refractivity contribution in [3.05, 3.63) is 67.1 Å². The third-order valence-electron chi connectivity index (χ3n) is 2.23. The van der Waals surface area contributed by atoms with Gasteiger partial charge >= 0.3 is 0 Å². The first-order chi connectivity index (χ1) is 9.65. The van der Waals surface area contributed by atoms with Crippen LogP contribution < -0.4 is 0 Å². The molecule has 2 aromatic carbocycles. The zero-order valence-corrected chi connectivity index (χ0v) is 23.0. The Morgan fingerprint density at radius 3 is 1.88 bits per heavy atom. The zero-order valence-electron chi connectivity index (χ0n) is 14.4. The smallest absolute Gasteiger partial charge is 0.247 e. The fourth-order valence-electron chi connectivity index (χ4n) is 1.39. The number of carboxylic acids is 1. The first-order valence-electron chi connectivity index (χ1n) is 6.30. The normalized spacial score (nSPS) is 8.29. The van der Waals surface area contributed by atoms with Crippen LogP contribution in [0.3, 0.4) is 0 Å². The number of azo groups is 1. The van der Waals surface area contributed by atoms with Gasteiger partial charge in [0.05, 0.1) is 0 Å². The van der Waals surface area contributed by atoms with Crippen molar-refractivity contribution in [2.24, 2.45) is 10.2 Å². The summed E-state index contributed by atoms with van der Waals surface area (Å²) in [5.41, 5.74) is 2.23. The standard InChI is InChI=1S/C14H10N2O2.C2H6.CH3.3Y/c1-10-4-2-6-12(8-10)15-16-13-7-3-5-11(9-13)14(17)18;1-2;;;;/h2-3,6-9H,1H3,(H,17,18);1-2H3;1H3;;;/q-2;;-1;;;. The molecule has 2 aromatic rings. The summed E-state index contributed by atoms with van der Waals surface area (Å²) in [5, 5.41) is 16.8. The fourth-order valence-corrected chi connectivity index (χ4v) is 1.39. The van der Waals surface area contributed by atoms with Crippen molar-refractivity contribution in [2.45, 2.75) is 20.8 Å². The predicted octanol–water partition coefficient (Wildman–Crippen LogP) is 5.18. The van der Waals surface area contributed by atoms with Crippen LogP contribution in [0.5, 0.6) is 0 Å². The average molecular weight is 550 g/mol. The summed E-state index contributed by atoms with van der Waals surface area (Å²) >= 11 is 0. The molecule has 0 saturated carbocycles. The Kier molecular flexibility index (Phi) is 25.2. The molecule has 0 aromatic heterocycles. The van der Waals surface area contributed by atoms with E-state index in [1.54, 1.807) is 18.2 Å². The summed E-state index contributed by atoms with van der Waals surface area (Å²) in [7, 11) is 0. The Morgan fingerprint density at radius 1 is 0.958 bits per heavy atom. The van der Waals surface area contributed by atoms with E-state index < -0.39 is 5.97 Å². The Bertz CT molecular complexity index is 620. The molecule has 4 nitrogen and oxygen atoms in total. The van der Waals surface area contributed by atoms with Crippen molar-refractivity contribution in [1.82, 2.24) is 0 Å². The molecule has 0 fully saturated rings. The van der Waals surface area contributed by atoms with Gasteiger partial charge in [0, 0.05) is 104 Å². The number of carbonyl (C=O) groups is 1. The van der Waals surface area contributed by atoms with E-state index in [2.05, 4.69) is 22.4 Å². The molecular weight excluding hydrogens is 531 g/mol. The first kappa shape index (κ1) is 32.5. The maximum absolute atomic E-state index is 10.8. The number of nitrogens with zero attached hydrogens (tertiary/aromatic N) is 2. The summed E-state index contributed by atoms with van der Waals surface area (Å²) in [6.07, 6.45) is 0. The maximum Gasteiger partial charge on any atom is 0.247 e. The molecule has 3 radical (unpaired) electrons. The van der Waals surface area contributed by atoms with E-state index >= 15 is 0 Å². The zero-order chi connectivity index (χ0) is 15.0. The van der Waals surface area contributed by atoms with Crippen molar-refractivity contribution in [1.29, 1.82) is 0 Å². The minimum absolute atomic E-state index is 0. The fraction of sp³-hybridized carbons (Fsp3) is 0.176. The van der Waals surface area contributed by atoms with Gasteiger partial charge in [-0.3, -0.25) is 0 Å². The summed E-state index contributed by atoms with van der Waals surface area (Å²) in [6, 6.07) is 15.6. The van der Waals surface area contributed by atoms with Crippen LogP contribution in [-0.4, -0.2) is 11.1 Å². The van der Waals surface area contributed by atoms with Gasteiger partial charge in [-0.1, -0.05) is 26.3 Å². The molecular formula is C17H19N2O2Y3-3. The Labute approximate surface area is 220 Å². The molecule has 0 amide bonds. The number of hydrogen-bond donors (Lipinski definition) is 1. The van der Waals surface area contributed by atoms with E-state index in [1.165, 1.54) is 12.1 Å². The van der Waals surface area contributed by atoms with Crippen LogP contribution in [-0.2, 0) is 98.1 Å². The van der Waals surface area contributed by atoms with Crippen LogP contribution in [0, 0.1) is 26.5 Å².